The van der Waals surface area contributed by atoms with Crippen molar-refractivity contribution in [1.29, 1.82) is 0 Å². The highest BCUT2D eigenvalue weighted by molar-refractivity contribution is 5.67. The zero-order valence-corrected chi connectivity index (χ0v) is 9.54. The van der Waals surface area contributed by atoms with Gasteiger partial charge in [-0.25, -0.2) is 4.98 Å². The van der Waals surface area contributed by atoms with Gasteiger partial charge in [0.2, 0.25) is 0 Å². The van der Waals surface area contributed by atoms with E-state index in [-0.39, 0.29) is 5.69 Å². The number of hydrogen-bond donors (Lipinski definition) is 1. The summed E-state index contributed by atoms with van der Waals surface area (Å²) in [7, 11) is 1.66. The predicted molar refractivity (Wildman–Crippen MR) is 64.5 cm³/mol. The van der Waals surface area contributed by atoms with Gasteiger partial charge in [-0.3, -0.25) is 10.1 Å². The summed E-state index contributed by atoms with van der Waals surface area (Å²) in [6.45, 7) is 1.84. The monoisotopic (exact) mass is 232 g/mol. The molecule has 0 unspecified atom stereocenters. The molecule has 1 aromatic carbocycles. The smallest absolute Gasteiger partial charge is 0.292 e. The van der Waals surface area contributed by atoms with Crippen molar-refractivity contribution in [1.82, 2.24) is 9.55 Å². The van der Waals surface area contributed by atoms with Crippen molar-refractivity contribution < 1.29 is 4.92 Å². The highest BCUT2D eigenvalue weighted by Crippen LogP contribution is 2.29. The molecule has 0 bridgehead atoms. The van der Waals surface area contributed by atoms with Crippen molar-refractivity contribution >= 4 is 11.4 Å². The molecule has 0 spiro atoms. The first-order chi connectivity index (χ1) is 8.13. The SMILES string of the molecule is CNc1cc(-n2ccnc2)c(C)cc1[N+](=O)[O-]. The molecule has 0 aliphatic heterocycles. The van der Waals surface area contributed by atoms with Gasteiger partial charge in [-0.05, 0) is 18.6 Å². The first-order valence-corrected chi connectivity index (χ1v) is 5.08. The van der Waals surface area contributed by atoms with Crippen LogP contribution in [0.25, 0.3) is 5.69 Å². The molecule has 6 nitrogen and oxygen atoms in total. The van der Waals surface area contributed by atoms with E-state index in [4.69, 9.17) is 0 Å². The Morgan fingerprint density at radius 2 is 2.24 bits per heavy atom. The van der Waals surface area contributed by atoms with Gasteiger partial charge in [-0.1, -0.05) is 0 Å². The Bertz CT molecular complexity index is 549. The predicted octanol–water partition coefficient (Wildman–Crippen LogP) is 2.13. The lowest BCUT2D eigenvalue weighted by molar-refractivity contribution is -0.384. The van der Waals surface area contributed by atoms with Crippen LogP contribution in [0.4, 0.5) is 11.4 Å². The summed E-state index contributed by atoms with van der Waals surface area (Å²) in [5.74, 6) is 0. The number of aryl methyl sites for hydroxylation is 1. The van der Waals surface area contributed by atoms with E-state index in [2.05, 4.69) is 10.3 Å². The second kappa shape index (κ2) is 4.25. The summed E-state index contributed by atoms with van der Waals surface area (Å²) in [6, 6.07) is 3.30. The standard InChI is InChI=1S/C11H12N4O2/c1-8-5-11(15(16)17)9(12-2)6-10(8)14-4-3-13-7-14/h3-7,12H,1-2H3. The molecule has 2 rings (SSSR count). The van der Waals surface area contributed by atoms with Crippen LogP contribution in [-0.4, -0.2) is 21.5 Å². The number of aromatic nitrogens is 2. The topological polar surface area (TPSA) is 73.0 Å². The minimum Gasteiger partial charge on any atom is -0.383 e. The lowest BCUT2D eigenvalue weighted by Gasteiger charge is -2.10. The van der Waals surface area contributed by atoms with Gasteiger partial charge in [-0.15, -0.1) is 0 Å². The average molecular weight is 232 g/mol. The summed E-state index contributed by atoms with van der Waals surface area (Å²) in [4.78, 5) is 14.4. The van der Waals surface area contributed by atoms with E-state index < -0.39 is 4.92 Å². The van der Waals surface area contributed by atoms with E-state index in [1.54, 1.807) is 37.9 Å². The summed E-state index contributed by atoms with van der Waals surface area (Å²) >= 11 is 0. The van der Waals surface area contributed by atoms with Crippen molar-refractivity contribution in [2.24, 2.45) is 0 Å². The number of nitro groups is 1. The van der Waals surface area contributed by atoms with Gasteiger partial charge >= 0.3 is 0 Å². The number of anilines is 1. The van der Waals surface area contributed by atoms with Crippen LogP contribution in [0, 0.1) is 17.0 Å². The van der Waals surface area contributed by atoms with Gasteiger partial charge in [0, 0.05) is 25.5 Å². The maximum absolute atomic E-state index is 10.9. The number of imidazole rings is 1. The van der Waals surface area contributed by atoms with Gasteiger partial charge in [0.1, 0.15) is 5.69 Å². The third-order valence-electron chi connectivity index (χ3n) is 2.56. The molecule has 0 fully saturated rings. The third-order valence-corrected chi connectivity index (χ3v) is 2.56. The van der Waals surface area contributed by atoms with E-state index in [0.29, 0.717) is 5.69 Å². The largest absolute Gasteiger partial charge is 0.383 e. The molecule has 1 heterocycles. The number of rotatable bonds is 3. The van der Waals surface area contributed by atoms with Crippen molar-refractivity contribution in [3.05, 3.63) is 46.5 Å². The Kier molecular flexibility index (Phi) is 2.78. The van der Waals surface area contributed by atoms with Crippen LogP contribution < -0.4 is 5.32 Å². The van der Waals surface area contributed by atoms with Crippen LogP contribution in [-0.2, 0) is 0 Å². The zero-order chi connectivity index (χ0) is 12.4. The minimum atomic E-state index is -0.392. The molecule has 2 aromatic rings. The van der Waals surface area contributed by atoms with Crippen LogP contribution in [0.1, 0.15) is 5.56 Å². The molecule has 88 valence electrons. The summed E-state index contributed by atoms with van der Waals surface area (Å²) in [5.41, 5.74) is 2.27. The number of benzene rings is 1. The molecule has 17 heavy (non-hydrogen) atoms. The maximum atomic E-state index is 10.9. The number of nitrogens with zero attached hydrogens (tertiary/aromatic N) is 3. The van der Waals surface area contributed by atoms with E-state index in [0.717, 1.165) is 11.3 Å². The molecule has 0 aliphatic carbocycles. The molecule has 0 saturated heterocycles. The number of hydrogen-bond acceptors (Lipinski definition) is 4. The Labute approximate surface area is 98.1 Å². The normalized spacial score (nSPS) is 10.2. The number of nitrogens with one attached hydrogen (secondary N) is 1. The van der Waals surface area contributed by atoms with Crippen LogP contribution in [0.2, 0.25) is 0 Å². The van der Waals surface area contributed by atoms with Gasteiger partial charge in [0.25, 0.3) is 5.69 Å². The van der Waals surface area contributed by atoms with E-state index >= 15 is 0 Å². The van der Waals surface area contributed by atoms with Crippen molar-refractivity contribution in [3.63, 3.8) is 0 Å². The molecule has 0 amide bonds. The van der Waals surface area contributed by atoms with Crippen LogP contribution >= 0.6 is 0 Å². The van der Waals surface area contributed by atoms with Crippen molar-refractivity contribution in [2.45, 2.75) is 6.92 Å². The molecule has 0 atom stereocenters. The van der Waals surface area contributed by atoms with E-state index in [1.165, 1.54) is 0 Å². The Balaban J connectivity index is 2.60. The quantitative estimate of drug-likeness (QED) is 0.649. The third kappa shape index (κ3) is 1.96. The minimum absolute atomic E-state index is 0.0777. The Morgan fingerprint density at radius 1 is 1.47 bits per heavy atom. The second-order valence-electron chi connectivity index (χ2n) is 3.63. The fourth-order valence-corrected chi connectivity index (χ4v) is 1.71. The zero-order valence-electron chi connectivity index (χ0n) is 9.54. The van der Waals surface area contributed by atoms with Gasteiger partial charge in [0.05, 0.1) is 16.9 Å². The maximum Gasteiger partial charge on any atom is 0.292 e. The highest BCUT2D eigenvalue weighted by atomic mass is 16.6. The molecular weight excluding hydrogens is 220 g/mol. The van der Waals surface area contributed by atoms with E-state index in [1.807, 2.05) is 11.5 Å². The molecule has 0 saturated carbocycles. The van der Waals surface area contributed by atoms with Gasteiger partial charge < -0.3 is 9.88 Å². The molecule has 0 aliphatic rings. The van der Waals surface area contributed by atoms with Crippen molar-refractivity contribution in [3.8, 4) is 5.69 Å². The first kappa shape index (κ1) is 11.1. The second-order valence-corrected chi connectivity index (χ2v) is 3.63. The Hall–Kier alpha value is -2.37. The molecular formula is C11H12N4O2. The fourth-order valence-electron chi connectivity index (χ4n) is 1.71. The molecule has 1 N–H and O–H groups in total. The highest BCUT2D eigenvalue weighted by Gasteiger charge is 2.16. The van der Waals surface area contributed by atoms with Crippen LogP contribution in [0.5, 0.6) is 0 Å². The molecule has 0 radical (unpaired) electrons. The van der Waals surface area contributed by atoms with Crippen LogP contribution in [0.15, 0.2) is 30.9 Å². The van der Waals surface area contributed by atoms with E-state index in [9.17, 15) is 10.1 Å². The summed E-state index contributed by atoms with van der Waals surface area (Å²) in [6.07, 6.45) is 5.13. The van der Waals surface area contributed by atoms with Crippen molar-refractivity contribution in [2.75, 3.05) is 12.4 Å². The summed E-state index contributed by atoms with van der Waals surface area (Å²) in [5, 5.41) is 13.7. The number of nitro benzene ring substituents is 1. The van der Waals surface area contributed by atoms with Crippen LogP contribution in [0.3, 0.4) is 0 Å². The Morgan fingerprint density at radius 3 is 2.76 bits per heavy atom. The fraction of sp³-hybridized carbons (Fsp3) is 0.182. The average Bonchev–Trinajstić information content (AvgIpc) is 2.82. The lowest BCUT2D eigenvalue weighted by Crippen LogP contribution is -2.01. The van der Waals surface area contributed by atoms with Gasteiger partial charge in [0.15, 0.2) is 0 Å². The van der Waals surface area contributed by atoms with Gasteiger partial charge in [-0.2, -0.15) is 0 Å². The first-order valence-electron chi connectivity index (χ1n) is 5.08. The summed E-state index contributed by atoms with van der Waals surface area (Å²) < 4.78 is 1.82. The lowest BCUT2D eigenvalue weighted by atomic mass is 10.1. The molecule has 6 heteroatoms. The molecule has 1 aromatic heterocycles.